The van der Waals surface area contributed by atoms with Crippen LogP contribution < -0.4 is 5.73 Å². The lowest BCUT2D eigenvalue weighted by Crippen LogP contribution is -2.24. The van der Waals surface area contributed by atoms with Crippen LogP contribution in [0.25, 0.3) is 0 Å². The second-order valence-electron chi connectivity index (χ2n) is 3.40. The molecule has 0 radical (unpaired) electrons. The van der Waals surface area contributed by atoms with Gasteiger partial charge in [0, 0.05) is 6.42 Å². The van der Waals surface area contributed by atoms with E-state index < -0.39 is 17.8 Å². The summed E-state index contributed by atoms with van der Waals surface area (Å²) in [6.45, 7) is 0. The fourth-order valence-electron chi connectivity index (χ4n) is 1.39. The zero-order valence-electron chi connectivity index (χ0n) is 8.22. The van der Waals surface area contributed by atoms with Crippen molar-refractivity contribution in [2.24, 2.45) is 11.7 Å². The van der Waals surface area contributed by atoms with E-state index in [1.54, 1.807) is 0 Å². The van der Waals surface area contributed by atoms with E-state index in [-0.39, 0.29) is 6.42 Å². The average Bonchev–Trinajstić information content (AvgIpc) is 2.17. The maximum atomic E-state index is 10.8. The van der Waals surface area contributed by atoms with Crippen molar-refractivity contribution in [1.29, 1.82) is 0 Å². The number of carboxylic acids is 1. The molecular formula is C11H13NO3. The standard InChI is InChI=1S/C11H13NO3/c12-10(13)7-9(11(14)15)6-8-4-2-1-3-5-8/h1-5,9H,6-7H2,(H2,12,13)(H,14,15). The Morgan fingerprint density at radius 3 is 2.33 bits per heavy atom. The summed E-state index contributed by atoms with van der Waals surface area (Å²) in [6, 6.07) is 9.18. The molecule has 1 unspecified atom stereocenters. The van der Waals surface area contributed by atoms with Crippen molar-refractivity contribution in [2.45, 2.75) is 12.8 Å². The van der Waals surface area contributed by atoms with E-state index >= 15 is 0 Å². The number of carbonyl (C=O) groups is 2. The number of rotatable bonds is 5. The topological polar surface area (TPSA) is 80.4 Å². The van der Waals surface area contributed by atoms with Gasteiger partial charge < -0.3 is 10.8 Å². The van der Waals surface area contributed by atoms with Crippen molar-refractivity contribution in [3.63, 3.8) is 0 Å². The maximum absolute atomic E-state index is 10.8. The molecule has 1 atom stereocenters. The van der Waals surface area contributed by atoms with E-state index in [9.17, 15) is 9.59 Å². The van der Waals surface area contributed by atoms with E-state index in [1.807, 2.05) is 30.3 Å². The van der Waals surface area contributed by atoms with E-state index in [0.717, 1.165) is 5.56 Å². The molecule has 15 heavy (non-hydrogen) atoms. The summed E-state index contributed by atoms with van der Waals surface area (Å²) in [5.74, 6) is -2.30. The molecular weight excluding hydrogens is 194 g/mol. The van der Waals surface area contributed by atoms with Crippen LogP contribution in [0.15, 0.2) is 30.3 Å². The summed E-state index contributed by atoms with van der Waals surface area (Å²) in [7, 11) is 0. The Balaban J connectivity index is 2.67. The number of carboxylic acid groups (broad SMARTS) is 1. The highest BCUT2D eigenvalue weighted by atomic mass is 16.4. The van der Waals surface area contributed by atoms with Gasteiger partial charge in [0.15, 0.2) is 0 Å². The van der Waals surface area contributed by atoms with Gasteiger partial charge in [-0.25, -0.2) is 0 Å². The van der Waals surface area contributed by atoms with Gasteiger partial charge in [-0.1, -0.05) is 30.3 Å². The highest BCUT2D eigenvalue weighted by Gasteiger charge is 2.20. The molecule has 3 N–H and O–H groups in total. The Kier molecular flexibility index (Phi) is 3.85. The zero-order valence-corrected chi connectivity index (χ0v) is 8.22. The first-order valence-electron chi connectivity index (χ1n) is 4.64. The minimum Gasteiger partial charge on any atom is -0.481 e. The van der Waals surface area contributed by atoms with Crippen molar-refractivity contribution < 1.29 is 14.7 Å². The van der Waals surface area contributed by atoms with E-state index in [1.165, 1.54) is 0 Å². The van der Waals surface area contributed by atoms with Gasteiger partial charge in [0.1, 0.15) is 0 Å². The molecule has 4 heteroatoms. The summed E-state index contributed by atoms with van der Waals surface area (Å²) in [4.78, 5) is 21.5. The summed E-state index contributed by atoms with van der Waals surface area (Å²) in [5, 5.41) is 8.88. The molecule has 4 nitrogen and oxygen atoms in total. The van der Waals surface area contributed by atoms with Crippen LogP contribution in [0.1, 0.15) is 12.0 Å². The van der Waals surface area contributed by atoms with Gasteiger partial charge in [-0.05, 0) is 12.0 Å². The third-order valence-electron chi connectivity index (χ3n) is 2.12. The molecule has 1 aromatic rings. The second kappa shape index (κ2) is 5.14. The van der Waals surface area contributed by atoms with Gasteiger partial charge in [-0.15, -0.1) is 0 Å². The molecule has 1 aromatic carbocycles. The lowest BCUT2D eigenvalue weighted by molar-refractivity contribution is -0.143. The van der Waals surface area contributed by atoms with Crippen LogP contribution in [-0.4, -0.2) is 17.0 Å². The van der Waals surface area contributed by atoms with Crippen molar-refractivity contribution in [3.8, 4) is 0 Å². The zero-order chi connectivity index (χ0) is 11.3. The van der Waals surface area contributed by atoms with E-state index in [0.29, 0.717) is 6.42 Å². The van der Waals surface area contributed by atoms with Crippen LogP contribution in [-0.2, 0) is 16.0 Å². The van der Waals surface area contributed by atoms with Crippen molar-refractivity contribution in [2.75, 3.05) is 0 Å². The molecule has 0 aliphatic carbocycles. The number of carbonyl (C=O) groups excluding carboxylic acids is 1. The van der Waals surface area contributed by atoms with Gasteiger partial charge in [0.25, 0.3) is 0 Å². The highest BCUT2D eigenvalue weighted by molar-refractivity contribution is 5.81. The van der Waals surface area contributed by atoms with Crippen LogP contribution in [0.5, 0.6) is 0 Å². The monoisotopic (exact) mass is 207 g/mol. The third-order valence-corrected chi connectivity index (χ3v) is 2.12. The molecule has 0 spiro atoms. The Morgan fingerprint density at radius 2 is 1.87 bits per heavy atom. The molecule has 0 aromatic heterocycles. The van der Waals surface area contributed by atoms with Crippen LogP contribution in [0, 0.1) is 5.92 Å². The predicted octanol–water partition coefficient (Wildman–Crippen LogP) is 0.805. The molecule has 0 aliphatic rings. The quantitative estimate of drug-likeness (QED) is 0.749. The fraction of sp³-hybridized carbons (Fsp3) is 0.273. The van der Waals surface area contributed by atoms with Gasteiger partial charge in [-0.2, -0.15) is 0 Å². The van der Waals surface area contributed by atoms with Crippen LogP contribution in [0.2, 0.25) is 0 Å². The smallest absolute Gasteiger partial charge is 0.307 e. The molecule has 0 heterocycles. The number of aliphatic carboxylic acids is 1. The normalized spacial score (nSPS) is 12.0. The molecule has 0 saturated heterocycles. The number of hydrogen-bond acceptors (Lipinski definition) is 2. The van der Waals surface area contributed by atoms with E-state index in [4.69, 9.17) is 10.8 Å². The molecule has 0 bridgehead atoms. The number of nitrogens with two attached hydrogens (primary N) is 1. The molecule has 80 valence electrons. The van der Waals surface area contributed by atoms with Crippen LogP contribution >= 0.6 is 0 Å². The van der Waals surface area contributed by atoms with Crippen LogP contribution in [0.3, 0.4) is 0 Å². The van der Waals surface area contributed by atoms with Crippen LogP contribution in [0.4, 0.5) is 0 Å². The van der Waals surface area contributed by atoms with Gasteiger partial charge >= 0.3 is 5.97 Å². The first-order chi connectivity index (χ1) is 7.09. The Morgan fingerprint density at radius 1 is 1.27 bits per heavy atom. The maximum Gasteiger partial charge on any atom is 0.307 e. The largest absolute Gasteiger partial charge is 0.481 e. The first kappa shape index (κ1) is 11.2. The molecule has 1 amide bonds. The first-order valence-corrected chi connectivity index (χ1v) is 4.64. The van der Waals surface area contributed by atoms with Gasteiger partial charge in [-0.3, -0.25) is 9.59 Å². The number of amides is 1. The minimum absolute atomic E-state index is 0.121. The predicted molar refractivity (Wildman–Crippen MR) is 55.1 cm³/mol. The fourth-order valence-corrected chi connectivity index (χ4v) is 1.39. The summed E-state index contributed by atoms with van der Waals surface area (Å²) < 4.78 is 0. The van der Waals surface area contributed by atoms with Gasteiger partial charge in [0.05, 0.1) is 5.92 Å². The molecule has 1 rings (SSSR count). The highest BCUT2D eigenvalue weighted by Crippen LogP contribution is 2.12. The summed E-state index contributed by atoms with van der Waals surface area (Å²) in [5.41, 5.74) is 5.88. The Labute approximate surface area is 87.7 Å². The molecule has 0 saturated carbocycles. The Bertz CT molecular complexity index is 348. The van der Waals surface area contributed by atoms with E-state index in [2.05, 4.69) is 0 Å². The lowest BCUT2D eigenvalue weighted by Gasteiger charge is -2.09. The molecule has 0 aliphatic heterocycles. The number of primary amides is 1. The second-order valence-corrected chi connectivity index (χ2v) is 3.40. The average molecular weight is 207 g/mol. The van der Waals surface area contributed by atoms with Crippen molar-refractivity contribution in [3.05, 3.63) is 35.9 Å². The summed E-state index contributed by atoms with van der Waals surface area (Å²) in [6.07, 6.45) is 0.212. The SMILES string of the molecule is NC(=O)CC(Cc1ccccc1)C(=O)O. The lowest BCUT2D eigenvalue weighted by atomic mass is 9.96. The minimum atomic E-state index is -0.988. The molecule has 0 fully saturated rings. The third kappa shape index (κ3) is 3.81. The summed E-state index contributed by atoms with van der Waals surface area (Å²) >= 11 is 0. The number of benzene rings is 1. The Hall–Kier alpha value is -1.84. The number of hydrogen-bond donors (Lipinski definition) is 2. The van der Waals surface area contributed by atoms with Gasteiger partial charge in [0.2, 0.25) is 5.91 Å². The van der Waals surface area contributed by atoms with Crippen molar-refractivity contribution >= 4 is 11.9 Å². The van der Waals surface area contributed by atoms with Crippen molar-refractivity contribution in [1.82, 2.24) is 0 Å².